The molecular weight excluding hydrogens is 258 g/mol. The highest BCUT2D eigenvalue weighted by atomic mass is 35.5. The van der Waals surface area contributed by atoms with Crippen LogP contribution in [0.25, 0.3) is 0 Å². The molecule has 3 fully saturated rings. The molecule has 3 rings (SSSR count). The van der Waals surface area contributed by atoms with Crippen LogP contribution in [0.15, 0.2) is 0 Å². The smallest absolute Gasteiger partial charge is 0.410 e. The van der Waals surface area contributed by atoms with E-state index in [0.717, 1.165) is 6.42 Å². The van der Waals surface area contributed by atoms with E-state index in [1.807, 2.05) is 20.8 Å². The molecule has 0 aromatic carbocycles. The molecule has 2 heterocycles. The van der Waals surface area contributed by atoms with Gasteiger partial charge in [-0.05, 0) is 33.1 Å². The van der Waals surface area contributed by atoms with Crippen molar-refractivity contribution in [3.05, 3.63) is 0 Å². The zero-order valence-electron chi connectivity index (χ0n) is 10.8. The number of hydrogen-bond acceptors (Lipinski definition) is 4. The number of rotatable bonds is 2. The lowest BCUT2D eigenvalue weighted by atomic mass is 9.74. The molecule has 0 aromatic rings. The Morgan fingerprint density at radius 3 is 2.61 bits per heavy atom. The molecule has 102 valence electrons. The van der Waals surface area contributed by atoms with Crippen LogP contribution in [-0.4, -0.2) is 41.2 Å². The Labute approximate surface area is 111 Å². The van der Waals surface area contributed by atoms with Crippen LogP contribution >= 0.6 is 11.6 Å². The molecule has 3 unspecified atom stereocenters. The van der Waals surface area contributed by atoms with Crippen LogP contribution in [-0.2, 0) is 14.3 Å². The number of carbonyl (C=O) groups excluding carboxylic acids is 2. The van der Waals surface area contributed by atoms with Crippen molar-refractivity contribution in [3.63, 3.8) is 0 Å². The summed E-state index contributed by atoms with van der Waals surface area (Å²) in [5.41, 5.74) is -0.518. The maximum absolute atomic E-state index is 11.9. The van der Waals surface area contributed by atoms with Gasteiger partial charge in [-0.25, -0.2) is 4.79 Å². The highest BCUT2D eigenvalue weighted by Crippen LogP contribution is 2.47. The summed E-state index contributed by atoms with van der Waals surface area (Å²) in [4.78, 5) is 25.2. The summed E-state index contributed by atoms with van der Waals surface area (Å²) in [6.45, 7) is 6.04. The molecule has 2 aliphatic heterocycles. The Morgan fingerprint density at radius 2 is 2.06 bits per heavy atom. The van der Waals surface area contributed by atoms with E-state index in [9.17, 15) is 9.59 Å². The Hall–Kier alpha value is -0.970. The molecule has 0 radical (unpaired) electrons. The lowest BCUT2D eigenvalue weighted by Crippen LogP contribution is -2.46. The van der Waals surface area contributed by atoms with Crippen LogP contribution in [0.4, 0.5) is 4.79 Å². The van der Waals surface area contributed by atoms with E-state index >= 15 is 0 Å². The Kier molecular flexibility index (Phi) is 3.45. The number of carbonyl (C=O) groups is 2. The van der Waals surface area contributed by atoms with E-state index in [0.29, 0.717) is 6.54 Å². The molecule has 3 atom stereocenters. The molecule has 18 heavy (non-hydrogen) atoms. The fraction of sp³-hybridized carbons (Fsp3) is 0.833. The van der Waals surface area contributed by atoms with Gasteiger partial charge >= 0.3 is 12.1 Å². The molecule has 6 heteroatoms. The van der Waals surface area contributed by atoms with Gasteiger partial charge in [0, 0.05) is 12.6 Å². The zero-order chi connectivity index (χ0) is 13.5. The summed E-state index contributed by atoms with van der Waals surface area (Å²) in [6, 6.07) is -0.220. The van der Waals surface area contributed by atoms with E-state index in [4.69, 9.17) is 21.1 Å². The Bertz CT molecular complexity index is 366. The predicted octanol–water partition coefficient (Wildman–Crippen LogP) is 1.98. The number of ether oxygens (including phenoxy) is 2. The number of alkyl halides is 1. The predicted molar refractivity (Wildman–Crippen MR) is 65.1 cm³/mol. The number of amides is 1. The monoisotopic (exact) mass is 275 g/mol. The van der Waals surface area contributed by atoms with Gasteiger partial charge in [-0.15, -0.1) is 0 Å². The Morgan fingerprint density at radius 1 is 1.39 bits per heavy atom. The molecule has 3 aliphatic rings. The van der Waals surface area contributed by atoms with Crippen molar-refractivity contribution in [1.29, 1.82) is 0 Å². The lowest BCUT2D eigenvalue weighted by Gasteiger charge is -2.34. The minimum absolute atomic E-state index is 0.0828. The third-order valence-electron chi connectivity index (χ3n) is 3.40. The number of hydrogen-bond donors (Lipinski definition) is 0. The van der Waals surface area contributed by atoms with Gasteiger partial charge in [-0.2, -0.15) is 0 Å². The molecule has 0 N–H and O–H groups in total. The summed E-state index contributed by atoms with van der Waals surface area (Å²) >= 11 is 5.38. The number of esters is 1. The van der Waals surface area contributed by atoms with Crippen LogP contribution in [0.3, 0.4) is 0 Å². The number of fused-ring (bicyclic) bond motifs is 1. The maximum Gasteiger partial charge on any atom is 0.410 e. The van der Waals surface area contributed by atoms with Crippen molar-refractivity contribution >= 4 is 23.7 Å². The Balaban J connectivity index is 1.95. The van der Waals surface area contributed by atoms with Gasteiger partial charge < -0.3 is 14.4 Å². The summed E-state index contributed by atoms with van der Waals surface area (Å²) in [5.74, 6) is -0.341. The third kappa shape index (κ3) is 2.41. The normalized spacial score (nSPS) is 29.8. The number of nitrogens with zero attached hydrogens (tertiary/aromatic N) is 1. The first-order valence-electron chi connectivity index (χ1n) is 6.05. The zero-order valence-corrected chi connectivity index (χ0v) is 11.6. The molecular formula is C12H18ClNO4. The minimum atomic E-state index is -0.518. The second kappa shape index (κ2) is 4.61. The average molecular weight is 276 g/mol. The van der Waals surface area contributed by atoms with Gasteiger partial charge in [0.25, 0.3) is 0 Å². The second-order valence-corrected chi connectivity index (χ2v) is 6.01. The topological polar surface area (TPSA) is 55.8 Å². The van der Waals surface area contributed by atoms with Crippen molar-refractivity contribution in [2.75, 3.05) is 12.6 Å². The van der Waals surface area contributed by atoms with E-state index in [1.54, 1.807) is 4.90 Å². The standard InChI is InChI=1S/C12H18ClNO4/c1-12(2,3)18-11(16)14-5-7-4-8(14)9(7)10(15)17-6-13/h7-9H,4-6H2,1-3H3. The fourth-order valence-electron chi connectivity index (χ4n) is 2.65. The van der Waals surface area contributed by atoms with Gasteiger partial charge in [0.05, 0.1) is 5.92 Å². The lowest BCUT2D eigenvalue weighted by molar-refractivity contribution is -0.152. The average Bonchev–Trinajstić information content (AvgIpc) is 2.71. The second-order valence-electron chi connectivity index (χ2n) is 5.79. The highest BCUT2D eigenvalue weighted by Gasteiger charge is 2.58. The summed E-state index contributed by atoms with van der Waals surface area (Å²) < 4.78 is 10.1. The van der Waals surface area contributed by atoms with Crippen molar-refractivity contribution < 1.29 is 19.1 Å². The van der Waals surface area contributed by atoms with Gasteiger partial charge in [-0.3, -0.25) is 4.79 Å². The van der Waals surface area contributed by atoms with Crippen LogP contribution in [0, 0.1) is 11.8 Å². The van der Waals surface area contributed by atoms with E-state index in [-0.39, 0.29) is 36.0 Å². The van der Waals surface area contributed by atoms with Crippen LogP contribution in [0.1, 0.15) is 27.2 Å². The molecule has 1 amide bonds. The van der Waals surface area contributed by atoms with Crippen molar-refractivity contribution in [2.45, 2.75) is 38.8 Å². The molecule has 1 saturated carbocycles. The molecule has 0 spiro atoms. The fourth-order valence-corrected chi connectivity index (χ4v) is 2.76. The highest BCUT2D eigenvalue weighted by molar-refractivity contribution is 6.17. The van der Waals surface area contributed by atoms with Crippen molar-refractivity contribution in [1.82, 2.24) is 4.90 Å². The molecule has 2 bridgehead atoms. The van der Waals surface area contributed by atoms with E-state index in [2.05, 4.69) is 0 Å². The SMILES string of the molecule is CC(C)(C)OC(=O)N1CC2CC1C2C(=O)OCCl. The maximum atomic E-state index is 11.9. The van der Waals surface area contributed by atoms with Crippen LogP contribution < -0.4 is 0 Å². The minimum Gasteiger partial charge on any atom is -0.449 e. The van der Waals surface area contributed by atoms with Crippen LogP contribution in [0.2, 0.25) is 0 Å². The first-order chi connectivity index (χ1) is 8.33. The van der Waals surface area contributed by atoms with Crippen LogP contribution in [0.5, 0.6) is 0 Å². The molecule has 1 aliphatic carbocycles. The summed E-state index contributed by atoms with van der Waals surface area (Å²) in [6.07, 6.45) is 0.498. The third-order valence-corrected chi connectivity index (χ3v) is 3.50. The van der Waals surface area contributed by atoms with Gasteiger partial charge in [0.1, 0.15) is 5.60 Å². The molecule has 2 saturated heterocycles. The number of halogens is 1. The van der Waals surface area contributed by atoms with E-state index in [1.165, 1.54) is 0 Å². The quantitative estimate of drug-likeness (QED) is 0.571. The largest absolute Gasteiger partial charge is 0.449 e. The summed E-state index contributed by atoms with van der Waals surface area (Å²) in [7, 11) is 0. The molecule has 5 nitrogen and oxygen atoms in total. The van der Waals surface area contributed by atoms with Crippen molar-refractivity contribution in [2.24, 2.45) is 11.8 Å². The van der Waals surface area contributed by atoms with E-state index < -0.39 is 5.60 Å². The van der Waals surface area contributed by atoms with Crippen molar-refractivity contribution in [3.8, 4) is 0 Å². The van der Waals surface area contributed by atoms with Gasteiger partial charge in [0.15, 0.2) is 6.07 Å². The van der Waals surface area contributed by atoms with Gasteiger partial charge in [-0.1, -0.05) is 11.6 Å². The first kappa shape index (κ1) is 13.5. The molecule has 0 aromatic heterocycles. The summed E-state index contributed by atoms with van der Waals surface area (Å²) in [5, 5.41) is 0. The first-order valence-corrected chi connectivity index (χ1v) is 6.59. The van der Waals surface area contributed by atoms with Gasteiger partial charge in [0.2, 0.25) is 0 Å².